The van der Waals surface area contributed by atoms with Gasteiger partial charge in [-0.1, -0.05) is 6.92 Å². The number of nitrogens with one attached hydrogen (secondary N) is 3. The van der Waals surface area contributed by atoms with Gasteiger partial charge < -0.3 is 15.4 Å². The summed E-state index contributed by atoms with van der Waals surface area (Å²) < 4.78 is 0. The molecule has 1 aromatic rings. The van der Waals surface area contributed by atoms with E-state index in [1.54, 1.807) is 6.33 Å². The topological polar surface area (TPSA) is 90.0 Å². The molecule has 6 nitrogen and oxygen atoms in total. The van der Waals surface area contributed by atoms with Crippen molar-refractivity contribution < 1.29 is 9.90 Å². The average Bonchev–Trinajstić information content (AvgIpc) is 2.84. The van der Waals surface area contributed by atoms with Gasteiger partial charge in [0.05, 0.1) is 23.8 Å². The van der Waals surface area contributed by atoms with Gasteiger partial charge in [-0.2, -0.15) is 0 Å². The number of nitrogens with zero attached hydrogens (tertiary/aromatic N) is 1. The molecule has 100 valence electrons. The highest BCUT2D eigenvalue weighted by Crippen LogP contribution is 2.12. The highest BCUT2D eigenvalue weighted by atomic mass is 16.3. The van der Waals surface area contributed by atoms with E-state index in [4.69, 9.17) is 5.11 Å². The second kappa shape index (κ2) is 5.49. The summed E-state index contributed by atoms with van der Waals surface area (Å²) in [5.74, 6) is 0.0231. The van der Waals surface area contributed by atoms with E-state index in [0.29, 0.717) is 13.0 Å². The maximum Gasteiger partial charge on any atom is 0.237 e. The van der Waals surface area contributed by atoms with E-state index in [2.05, 4.69) is 20.6 Å². The lowest BCUT2D eigenvalue weighted by atomic mass is 10.0. The number of fused-ring (bicyclic) bond motifs is 1. The Morgan fingerprint density at radius 2 is 2.44 bits per heavy atom. The molecular weight excluding hydrogens is 232 g/mol. The van der Waals surface area contributed by atoms with Crippen LogP contribution in [0.25, 0.3) is 0 Å². The average molecular weight is 252 g/mol. The SMILES string of the molecule is CC(CO)C(C)NC(=O)C1Cc2nc[nH]c2CN1. The van der Waals surface area contributed by atoms with E-state index >= 15 is 0 Å². The molecule has 3 unspecified atom stereocenters. The largest absolute Gasteiger partial charge is 0.396 e. The Morgan fingerprint density at radius 3 is 3.17 bits per heavy atom. The van der Waals surface area contributed by atoms with Gasteiger partial charge in [-0.05, 0) is 12.8 Å². The third-order valence-electron chi connectivity index (χ3n) is 3.56. The standard InChI is InChI=1S/C12H20N4O2/c1-7(5-17)8(2)16-12(18)10-3-9-11(4-13-10)15-6-14-9/h6-8,10,13,17H,3-5H2,1-2H3,(H,14,15)(H,16,18). The van der Waals surface area contributed by atoms with Gasteiger partial charge in [0.25, 0.3) is 0 Å². The Hall–Kier alpha value is -1.40. The van der Waals surface area contributed by atoms with Gasteiger partial charge in [-0.15, -0.1) is 0 Å². The second-order valence-electron chi connectivity index (χ2n) is 4.92. The number of carbonyl (C=O) groups is 1. The number of amides is 1. The maximum atomic E-state index is 12.1. The van der Waals surface area contributed by atoms with Crippen LogP contribution < -0.4 is 10.6 Å². The first-order chi connectivity index (χ1) is 8.61. The van der Waals surface area contributed by atoms with E-state index in [1.807, 2.05) is 13.8 Å². The molecule has 0 saturated carbocycles. The number of aliphatic hydroxyl groups excluding tert-OH is 1. The predicted molar refractivity (Wildman–Crippen MR) is 66.8 cm³/mol. The van der Waals surface area contributed by atoms with Crippen molar-refractivity contribution in [2.75, 3.05) is 6.61 Å². The summed E-state index contributed by atoms with van der Waals surface area (Å²) in [4.78, 5) is 19.3. The van der Waals surface area contributed by atoms with Crippen LogP contribution in [-0.2, 0) is 17.8 Å². The third-order valence-corrected chi connectivity index (χ3v) is 3.56. The molecule has 0 saturated heterocycles. The Kier molecular flexibility index (Phi) is 3.98. The number of H-pyrrole nitrogens is 1. The van der Waals surface area contributed by atoms with Gasteiger partial charge in [0, 0.05) is 25.6 Å². The van der Waals surface area contributed by atoms with Crippen LogP contribution in [-0.4, -0.2) is 39.7 Å². The van der Waals surface area contributed by atoms with Crippen molar-refractivity contribution >= 4 is 5.91 Å². The highest BCUT2D eigenvalue weighted by Gasteiger charge is 2.27. The molecule has 3 atom stereocenters. The first-order valence-electron chi connectivity index (χ1n) is 6.27. The number of hydrogen-bond donors (Lipinski definition) is 4. The summed E-state index contributed by atoms with van der Waals surface area (Å²) >= 11 is 0. The van der Waals surface area contributed by atoms with Crippen molar-refractivity contribution in [3.63, 3.8) is 0 Å². The molecule has 18 heavy (non-hydrogen) atoms. The van der Waals surface area contributed by atoms with Crippen molar-refractivity contribution in [1.29, 1.82) is 0 Å². The summed E-state index contributed by atoms with van der Waals surface area (Å²) in [6.45, 7) is 4.52. The Balaban J connectivity index is 1.91. The van der Waals surface area contributed by atoms with Crippen LogP contribution in [0.3, 0.4) is 0 Å². The van der Waals surface area contributed by atoms with E-state index in [9.17, 15) is 4.79 Å². The molecule has 0 bridgehead atoms. The lowest BCUT2D eigenvalue weighted by Gasteiger charge is -2.26. The van der Waals surface area contributed by atoms with Gasteiger partial charge >= 0.3 is 0 Å². The molecule has 0 spiro atoms. The predicted octanol–water partition coefficient (Wildman–Crippen LogP) is -0.443. The highest BCUT2D eigenvalue weighted by molar-refractivity contribution is 5.82. The minimum atomic E-state index is -0.242. The zero-order chi connectivity index (χ0) is 13.1. The van der Waals surface area contributed by atoms with Crippen LogP contribution in [0.5, 0.6) is 0 Å². The fourth-order valence-corrected chi connectivity index (χ4v) is 1.98. The molecule has 0 aromatic carbocycles. The summed E-state index contributed by atoms with van der Waals surface area (Å²) in [6.07, 6.45) is 2.26. The molecule has 1 amide bonds. The summed E-state index contributed by atoms with van der Waals surface area (Å²) in [5.41, 5.74) is 2.01. The molecule has 0 aliphatic carbocycles. The molecule has 1 aromatic heterocycles. The fourth-order valence-electron chi connectivity index (χ4n) is 1.98. The first kappa shape index (κ1) is 13.0. The molecule has 2 heterocycles. The van der Waals surface area contributed by atoms with Gasteiger partial charge in [0.15, 0.2) is 0 Å². The number of aromatic amines is 1. The third kappa shape index (κ3) is 2.70. The minimum absolute atomic E-state index is 0.0311. The Bertz CT molecular complexity index is 418. The van der Waals surface area contributed by atoms with Crippen LogP contribution in [0.2, 0.25) is 0 Å². The summed E-state index contributed by atoms with van der Waals surface area (Å²) in [6, 6.07) is -0.279. The number of carbonyl (C=O) groups excluding carboxylic acids is 1. The normalized spacial score (nSPS) is 22.1. The molecule has 2 rings (SSSR count). The second-order valence-corrected chi connectivity index (χ2v) is 4.92. The number of rotatable bonds is 4. The quantitative estimate of drug-likeness (QED) is 0.584. The number of aliphatic hydroxyl groups is 1. The molecule has 6 heteroatoms. The van der Waals surface area contributed by atoms with Crippen LogP contribution in [0, 0.1) is 5.92 Å². The van der Waals surface area contributed by atoms with Gasteiger partial charge in [0.1, 0.15) is 0 Å². The zero-order valence-corrected chi connectivity index (χ0v) is 10.7. The van der Waals surface area contributed by atoms with Gasteiger partial charge in [0.2, 0.25) is 5.91 Å². The number of aromatic nitrogens is 2. The monoisotopic (exact) mass is 252 g/mol. The molecule has 0 radical (unpaired) electrons. The molecule has 4 N–H and O–H groups in total. The minimum Gasteiger partial charge on any atom is -0.396 e. The first-order valence-corrected chi connectivity index (χ1v) is 6.27. The van der Waals surface area contributed by atoms with E-state index < -0.39 is 0 Å². The van der Waals surface area contributed by atoms with Crippen molar-refractivity contribution in [1.82, 2.24) is 20.6 Å². The van der Waals surface area contributed by atoms with Gasteiger partial charge in [-0.3, -0.25) is 10.1 Å². The van der Waals surface area contributed by atoms with Crippen molar-refractivity contribution in [3.05, 3.63) is 17.7 Å². The van der Waals surface area contributed by atoms with E-state index in [1.165, 1.54) is 0 Å². The number of hydrogen-bond acceptors (Lipinski definition) is 4. The molecule has 1 aliphatic heterocycles. The summed E-state index contributed by atoms with van der Waals surface area (Å²) in [7, 11) is 0. The molecule has 1 aliphatic rings. The fraction of sp³-hybridized carbons (Fsp3) is 0.667. The van der Waals surface area contributed by atoms with Crippen molar-refractivity contribution in [2.45, 2.75) is 38.9 Å². The molecular formula is C12H20N4O2. The maximum absolute atomic E-state index is 12.1. The lowest BCUT2D eigenvalue weighted by Crippen LogP contribution is -2.51. The van der Waals surface area contributed by atoms with Crippen LogP contribution in [0.4, 0.5) is 0 Å². The Labute approximate surface area is 106 Å². The van der Waals surface area contributed by atoms with Crippen molar-refractivity contribution in [2.24, 2.45) is 5.92 Å². The summed E-state index contributed by atoms with van der Waals surface area (Å²) in [5, 5.41) is 15.2. The smallest absolute Gasteiger partial charge is 0.237 e. The molecule has 0 fully saturated rings. The van der Waals surface area contributed by atoms with Crippen molar-refractivity contribution in [3.8, 4) is 0 Å². The van der Waals surface area contributed by atoms with E-state index in [-0.39, 0.29) is 30.5 Å². The van der Waals surface area contributed by atoms with Crippen LogP contribution in [0.15, 0.2) is 6.33 Å². The van der Waals surface area contributed by atoms with Gasteiger partial charge in [-0.25, -0.2) is 4.98 Å². The number of imidazole rings is 1. The lowest BCUT2D eigenvalue weighted by molar-refractivity contribution is -0.124. The van der Waals surface area contributed by atoms with E-state index in [0.717, 1.165) is 11.4 Å². The van der Waals surface area contributed by atoms with Crippen LogP contribution >= 0.6 is 0 Å². The van der Waals surface area contributed by atoms with Crippen LogP contribution in [0.1, 0.15) is 25.2 Å². The zero-order valence-electron chi connectivity index (χ0n) is 10.7. The Morgan fingerprint density at radius 1 is 1.67 bits per heavy atom.